The number of carbonyl (C=O) groups excluding carboxylic acids is 3. The Morgan fingerprint density at radius 1 is 1.04 bits per heavy atom. The number of amides is 2. The van der Waals surface area contributed by atoms with E-state index in [1.54, 1.807) is 45.0 Å². The number of ether oxygens (including phenoxy) is 1. The van der Waals surface area contributed by atoms with E-state index in [-0.39, 0.29) is 17.6 Å². The van der Waals surface area contributed by atoms with Gasteiger partial charge >= 0.3 is 6.09 Å². The summed E-state index contributed by atoms with van der Waals surface area (Å²) in [5.74, 6) is -0.500. The number of ketones is 1. The summed E-state index contributed by atoms with van der Waals surface area (Å²) in [6, 6.07) is 5.86. The maximum atomic E-state index is 12.4. The predicted octanol–water partition coefficient (Wildman–Crippen LogP) is 3.38. The smallest absolute Gasteiger partial charge is 0.408 e. The number of alkyl carbamates (subject to hydrolysis) is 1. The molecule has 1 rings (SSSR count). The van der Waals surface area contributed by atoms with Gasteiger partial charge in [0.2, 0.25) is 5.91 Å². The van der Waals surface area contributed by atoms with Gasteiger partial charge in [-0.05, 0) is 57.9 Å². The molecule has 0 unspecified atom stereocenters. The van der Waals surface area contributed by atoms with E-state index >= 15 is 0 Å². The minimum Gasteiger partial charge on any atom is -0.444 e. The van der Waals surface area contributed by atoms with E-state index in [4.69, 9.17) is 4.74 Å². The van der Waals surface area contributed by atoms with Crippen molar-refractivity contribution in [3.8, 4) is 0 Å². The SMILES string of the molecule is CC(=O)c1ccc(NC(=O)[C@@H](NC(=O)OC(C)(C)C)C(C)C)cc1. The van der Waals surface area contributed by atoms with Crippen LogP contribution < -0.4 is 10.6 Å². The van der Waals surface area contributed by atoms with Crippen molar-refractivity contribution in [2.24, 2.45) is 5.92 Å². The van der Waals surface area contributed by atoms with E-state index in [2.05, 4.69) is 10.6 Å². The van der Waals surface area contributed by atoms with Crippen molar-refractivity contribution < 1.29 is 19.1 Å². The van der Waals surface area contributed by atoms with Crippen LogP contribution in [-0.2, 0) is 9.53 Å². The molecule has 0 fully saturated rings. The molecule has 6 nitrogen and oxygen atoms in total. The molecule has 0 aromatic heterocycles. The third-order valence-corrected chi connectivity index (χ3v) is 3.18. The van der Waals surface area contributed by atoms with Gasteiger partial charge in [-0.15, -0.1) is 0 Å². The molecule has 1 atom stereocenters. The summed E-state index contributed by atoms with van der Waals surface area (Å²) < 4.78 is 5.19. The Kier molecular flexibility index (Phi) is 6.51. The quantitative estimate of drug-likeness (QED) is 0.809. The Morgan fingerprint density at radius 3 is 2.00 bits per heavy atom. The van der Waals surface area contributed by atoms with Crippen molar-refractivity contribution in [2.75, 3.05) is 5.32 Å². The molecule has 0 bridgehead atoms. The summed E-state index contributed by atoms with van der Waals surface area (Å²) >= 11 is 0. The second-order valence-electron chi connectivity index (χ2n) is 6.99. The van der Waals surface area contributed by atoms with Gasteiger partial charge in [0.25, 0.3) is 0 Å². The minimum atomic E-state index is -0.729. The molecule has 0 heterocycles. The molecule has 0 aliphatic carbocycles. The van der Waals surface area contributed by atoms with Crippen molar-refractivity contribution in [2.45, 2.75) is 53.2 Å². The lowest BCUT2D eigenvalue weighted by molar-refractivity contribution is -0.119. The molecule has 24 heavy (non-hydrogen) atoms. The molecule has 0 saturated carbocycles. The number of hydrogen-bond donors (Lipinski definition) is 2. The normalized spacial score (nSPS) is 12.5. The monoisotopic (exact) mass is 334 g/mol. The highest BCUT2D eigenvalue weighted by Crippen LogP contribution is 2.13. The molecular weight excluding hydrogens is 308 g/mol. The maximum Gasteiger partial charge on any atom is 0.408 e. The highest BCUT2D eigenvalue weighted by atomic mass is 16.6. The second-order valence-corrected chi connectivity index (χ2v) is 6.99. The van der Waals surface area contributed by atoms with Crippen LogP contribution in [0.3, 0.4) is 0 Å². The molecule has 1 aromatic rings. The molecule has 0 spiro atoms. The summed E-state index contributed by atoms with van der Waals surface area (Å²) in [6.07, 6.45) is -0.636. The van der Waals surface area contributed by atoms with Crippen LogP contribution >= 0.6 is 0 Å². The summed E-state index contributed by atoms with van der Waals surface area (Å²) in [7, 11) is 0. The number of hydrogen-bond acceptors (Lipinski definition) is 4. The van der Waals surface area contributed by atoms with Gasteiger partial charge in [-0.1, -0.05) is 13.8 Å². The van der Waals surface area contributed by atoms with Crippen LogP contribution in [0.25, 0.3) is 0 Å². The molecule has 2 N–H and O–H groups in total. The fourth-order valence-electron chi connectivity index (χ4n) is 1.98. The van der Waals surface area contributed by atoms with Crippen molar-refractivity contribution in [3.63, 3.8) is 0 Å². The largest absolute Gasteiger partial charge is 0.444 e. The lowest BCUT2D eigenvalue weighted by Crippen LogP contribution is -2.48. The fraction of sp³-hybridized carbons (Fsp3) is 0.500. The standard InChI is InChI=1S/C18H26N2O4/c1-11(2)15(20-17(23)24-18(4,5)6)16(22)19-14-9-7-13(8-10-14)12(3)21/h7-11,15H,1-6H3,(H,19,22)(H,20,23)/t15-/m0/s1. The van der Waals surface area contributed by atoms with E-state index in [0.717, 1.165) is 0 Å². The number of carbonyl (C=O) groups is 3. The highest BCUT2D eigenvalue weighted by molar-refractivity contribution is 5.98. The average Bonchev–Trinajstić information content (AvgIpc) is 2.43. The van der Waals surface area contributed by atoms with Crippen LogP contribution in [-0.4, -0.2) is 29.4 Å². The van der Waals surface area contributed by atoms with E-state index in [0.29, 0.717) is 11.3 Å². The Labute approximate surface area is 143 Å². The minimum absolute atomic E-state index is 0.0421. The Morgan fingerprint density at radius 2 is 1.58 bits per heavy atom. The zero-order chi connectivity index (χ0) is 18.5. The molecule has 0 aliphatic heterocycles. The van der Waals surface area contributed by atoms with Crippen LogP contribution in [0.15, 0.2) is 24.3 Å². The molecule has 0 radical (unpaired) electrons. The van der Waals surface area contributed by atoms with Gasteiger partial charge in [-0.25, -0.2) is 4.79 Å². The summed E-state index contributed by atoms with van der Waals surface area (Å²) in [5.41, 5.74) is 0.492. The number of rotatable bonds is 5. The van der Waals surface area contributed by atoms with E-state index < -0.39 is 17.7 Å². The first-order chi connectivity index (χ1) is 11.0. The van der Waals surface area contributed by atoms with Crippen molar-refractivity contribution in [1.29, 1.82) is 0 Å². The van der Waals surface area contributed by atoms with Crippen molar-refractivity contribution in [3.05, 3.63) is 29.8 Å². The fourth-order valence-corrected chi connectivity index (χ4v) is 1.98. The van der Waals surface area contributed by atoms with Crippen LogP contribution in [0.5, 0.6) is 0 Å². The molecule has 2 amide bonds. The number of benzene rings is 1. The van der Waals surface area contributed by atoms with E-state index in [9.17, 15) is 14.4 Å². The van der Waals surface area contributed by atoms with Crippen molar-refractivity contribution in [1.82, 2.24) is 5.32 Å². The van der Waals surface area contributed by atoms with Gasteiger partial charge < -0.3 is 15.4 Å². The van der Waals surface area contributed by atoms with Gasteiger partial charge in [0.1, 0.15) is 11.6 Å². The third kappa shape index (κ3) is 6.40. The van der Waals surface area contributed by atoms with E-state index in [1.807, 2.05) is 13.8 Å². The average molecular weight is 334 g/mol. The molecule has 1 aromatic carbocycles. The van der Waals surface area contributed by atoms with Gasteiger partial charge in [0.05, 0.1) is 0 Å². The zero-order valence-electron chi connectivity index (χ0n) is 15.1. The van der Waals surface area contributed by atoms with Crippen LogP contribution in [0.1, 0.15) is 51.9 Å². The Bertz CT molecular complexity index is 600. The topological polar surface area (TPSA) is 84.5 Å². The van der Waals surface area contributed by atoms with Gasteiger partial charge in [-0.3, -0.25) is 9.59 Å². The lowest BCUT2D eigenvalue weighted by Gasteiger charge is -2.25. The molecular formula is C18H26N2O4. The Hall–Kier alpha value is -2.37. The van der Waals surface area contributed by atoms with Gasteiger partial charge in [0, 0.05) is 11.3 Å². The van der Waals surface area contributed by atoms with E-state index in [1.165, 1.54) is 6.92 Å². The maximum absolute atomic E-state index is 12.4. The molecule has 132 valence electrons. The van der Waals surface area contributed by atoms with Crippen LogP contribution in [0, 0.1) is 5.92 Å². The predicted molar refractivity (Wildman–Crippen MR) is 93.1 cm³/mol. The first kappa shape index (κ1) is 19.7. The number of nitrogens with one attached hydrogen (secondary N) is 2. The number of anilines is 1. The second kappa shape index (κ2) is 7.95. The summed E-state index contributed by atoms with van der Waals surface area (Å²) in [4.78, 5) is 35.6. The first-order valence-electron chi connectivity index (χ1n) is 7.91. The summed E-state index contributed by atoms with van der Waals surface area (Å²) in [6.45, 7) is 10.4. The van der Waals surface area contributed by atoms with Crippen LogP contribution in [0.2, 0.25) is 0 Å². The lowest BCUT2D eigenvalue weighted by atomic mass is 10.0. The van der Waals surface area contributed by atoms with Crippen LogP contribution in [0.4, 0.5) is 10.5 Å². The zero-order valence-corrected chi connectivity index (χ0v) is 15.1. The summed E-state index contributed by atoms with van der Waals surface area (Å²) in [5, 5.41) is 5.33. The molecule has 0 aliphatic rings. The molecule has 6 heteroatoms. The first-order valence-corrected chi connectivity index (χ1v) is 7.91. The van der Waals surface area contributed by atoms with Crippen molar-refractivity contribution >= 4 is 23.5 Å². The van der Waals surface area contributed by atoms with Gasteiger partial charge in [-0.2, -0.15) is 0 Å². The Balaban J connectivity index is 2.76. The number of Topliss-reactive ketones (excluding diaryl/α,β-unsaturated/α-hetero) is 1. The molecule has 0 saturated heterocycles. The third-order valence-electron chi connectivity index (χ3n) is 3.18. The highest BCUT2D eigenvalue weighted by Gasteiger charge is 2.27. The van der Waals surface area contributed by atoms with Gasteiger partial charge in [0.15, 0.2) is 5.78 Å².